The van der Waals surface area contributed by atoms with Crippen LogP contribution in [0.15, 0.2) is 59.5 Å². The molecule has 0 spiro atoms. The van der Waals surface area contributed by atoms with E-state index >= 15 is 0 Å². The average Bonchev–Trinajstić information content (AvgIpc) is 3.49. The lowest BCUT2D eigenvalue weighted by Crippen LogP contribution is -2.32. The maximum atomic E-state index is 13.2. The number of hydrogen-bond donors (Lipinski definition) is 0. The van der Waals surface area contributed by atoms with E-state index in [1.54, 1.807) is 27.8 Å². The molecule has 4 rings (SSSR count). The van der Waals surface area contributed by atoms with E-state index in [9.17, 15) is 8.42 Å². The first-order valence-electron chi connectivity index (χ1n) is 9.03. The monoisotopic (exact) mass is 409 g/mol. The minimum Gasteiger partial charge on any atom is -0.241 e. The van der Waals surface area contributed by atoms with E-state index in [0.29, 0.717) is 12.1 Å². The first-order valence-corrected chi connectivity index (χ1v) is 11.3. The van der Waals surface area contributed by atoms with Crippen LogP contribution in [0.2, 0.25) is 0 Å². The van der Waals surface area contributed by atoms with Gasteiger partial charge in [-0.2, -0.15) is 9.57 Å². The molecule has 7 heteroatoms. The van der Waals surface area contributed by atoms with Crippen LogP contribution in [-0.4, -0.2) is 23.7 Å². The van der Waals surface area contributed by atoms with Crippen molar-refractivity contribution in [2.24, 2.45) is 0 Å². The van der Waals surface area contributed by atoms with Gasteiger partial charge >= 0.3 is 0 Å². The van der Waals surface area contributed by atoms with Gasteiger partial charge in [0.05, 0.1) is 28.8 Å². The largest absolute Gasteiger partial charge is 0.243 e. The molecule has 0 bridgehead atoms. The van der Waals surface area contributed by atoms with Gasteiger partial charge in [0.15, 0.2) is 0 Å². The van der Waals surface area contributed by atoms with E-state index in [2.05, 4.69) is 4.98 Å². The fraction of sp³-hybridized carbons (Fsp3) is 0.238. The Bertz CT molecular complexity index is 1130. The molecule has 0 unspecified atom stereocenters. The summed E-state index contributed by atoms with van der Waals surface area (Å²) in [5.41, 5.74) is 2.35. The highest BCUT2D eigenvalue weighted by Gasteiger charge is 2.38. The molecular weight excluding hydrogens is 390 g/mol. The second kappa shape index (κ2) is 7.47. The van der Waals surface area contributed by atoms with Gasteiger partial charge in [0.1, 0.15) is 5.01 Å². The Balaban J connectivity index is 1.64. The lowest BCUT2D eigenvalue weighted by molar-refractivity contribution is 0.400. The minimum absolute atomic E-state index is 0.0299. The minimum atomic E-state index is -3.63. The van der Waals surface area contributed by atoms with Crippen molar-refractivity contribution in [3.05, 3.63) is 70.7 Å². The van der Waals surface area contributed by atoms with Crippen LogP contribution in [0.5, 0.6) is 0 Å². The third-order valence-corrected chi connectivity index (χ3v) is 7.86. The van der Waals surface area contributed by atoms with Crippen LogP contribution in [0, 0.1) is 18.3 Å². The molecular formula is C21H19N3O2S2. The molecule has 142 valence electrons. The quantitative estimate of drug-likeness (QED) is 0.607. The van der Waals surface area contributed by atoms with E-state index in [-0.39, 0.29) is 10.9 Å². The standard InChI is InChI=1S/C21H19N3O2S2/c1-15-20(27-21(23-15)17-5-3-2-4-6-17)14-24(18-9-10-18)28(25,26)19-11-7-16(13-22)8-12-19/h2-8,11-12,18H,9-10,14H2,1H3. The van der Waals surface area contributed by atoms with Crippen LogP contribution in [0.25, 0.3) is 10.6 Å². The van der Waals surface area contributed by atoms with E-state index < -0.39 is 10.0 Å². The van der Waals surface area contributed by atoms with Crippen LogP contribution in [0.1, 0.15) is 29.0 Å². The first-order chi connectivity index (χ1) is 13.5. The number of benzene rings is 2. The first kappa shape index (κ1) is 18.8. The zero-order valence-corrected chi connectivity index (χ0v) is 17.0. The van der Waals surface area contributed by atoms with Crippen molar-refractivity contribution in [2.75, 3.05) is 0 Å². The molecule has 0 atom stereocenters. The van der Waals surface area contributed by atoms with Crippen molar-refractivity contribution in [2.45, 2.75) is 37.2 Å². The molecule has 1 aromatic heterocycles. The molecule has 0 radical (unpaired) electrons. The van der Waals surface area contributed by atoms with Gasteiger partial charge in [0, 0.05) is 16.5 Å². The van der Waals surface area contributed by atoms with Crippen LogP contribution in [-0.2, 0) is 16.6 Å². The van der Waals surface area contributed by atoms with Crippen molar-refractivity contribution in [1.82, 2.24) is 9.29 Å². The Morgan fingerprint density at radius 3 is 2.43 bits per heavy atom. The summed E-state index contributed by atoms with van der Waals surface area (Å²) in [4.78, 5) is 5.84. The van der Waals surface area contributed by atoms with Gasteiger partial charge in [0.2, 0.25) is 10.0 Å². The Morgan fingerprint density at radius 1 is 1.14 bits per heavy atom. The molecule has 2 aromatic carbocycles. The maximum Gasteiger partial charge on any atom is 0.243 e. The number of aryl methyl sites for hydroxylation is 1. The third kappa shape index (κ3) is 3.72. The summed E-state index contributed by atoms with van der Waals surface area (Å²) in [5, 5.41) is 9.85. The van der Waals surface area contributed by atoms with Crippen LogP contribution >= 0.6 is 11.3 Å². The summed E-state index contributed by atoms with van der Waals surface area (Å²) in [6, 6.07) is 18.1. The summed E-state index contributed by atoms with van der Waals surface area (Å²) in [6.45, 7) is 2.25. The topological polar surface area (TPSA) is 74.1 Å². The Morgan fingerprint density at radius 2 is 1.82 bits per heavy atom. The Hall–Kier alpha value is -2.53. The number of thiazole rings is 1. The van der Waals surface area contributed by atoms with E-state index in [1.807, 2.05) is 43.3 Å². The third-order valence-electron chi connectivity index (χ3n) is 4.76. The number of nitrogens with zero attached hydrogens (tertiary/aromatic N) is 3. The molecule has 1 aliphatic carbocycles. The van der Waals surface area contributed by atoms with E-state index in [1.165, 1.54) is 12.1 Å². The van der Waals surface area contributed by atoms with Crippen LogP contribution in [0.4, 0.5) is 0 Å². The van der Waals surface area contributed by atoms with Gasteiger partial charge in [-0.25, -0.2) is 13.4 Å². The molecule has 3 aromatic rings. The second-order valence-corrected chi connectivity index (χ2v) is 9.79. The average molecular weight is 410 g/mol. The van der Waals surface area contributed by atoms with Crippen molar-refractivity contribution in [3.63, 3.8) is 0 Å². The molecule has 28 heavy (non-hydrogen) atoms. The van der Waals surface area contributed by atoms with Crippen LogP contribution < -0.4 is 0 Å². The molecule has 0 aliphatic heterocycles. The number of hydrogen-bond acceptors (Lipinski definition) is 5. The predicted molar refractivity (Wildman–Crippen MR) is 109 cm³/mol. The zero-order valence-electron chi connectivity index (χ0n) is 15.4. The lowest BCUT2D eigenvalue weighted by Gasteiger charge is -2.21. The highest BCUT2D eigenvalue weighted by molar-refractivity contribution is 7.89. The molecule has 1 heterocycles. The SMILES string of the molecule is Cc1nc(-c2ccccc2)sc1CN(C1CC1)S(=O)(=O)c1ccc(C#N)cc1. The predicted octanol–water partition coefficient (Wildman–Crippen LogP) is 4.34. The number of nitriles is 1. The van der Waals surface area contributed by atoms with Gasteiger partial charge in [-0.3, -0.25) is 0 Å². The van der Waals surface area contributed by atoms with Crippen molar-refractivity contribution in [3.8, 4) is 16.6 Å². The second-order valence-electron chi connectivity index (χ2n) is 6.81. The van der Waals surface area contributed by atoms with Gasteiger partial charge in [-0.15, -0.1) is 11.3 Å². The Kier molecular flexibility index (Phi) is 5.02. The van der Waals surface area contributed by atoms with Crippen molar-refractivity contribution in [1.29, 1.82) is 5.26 Å². The summed E-state index contributed by atoms with van der Waals surface area (Å²) in [6.07, 6.45) is 1.75. The molecule has 0 N–H and O–H groups in total. The summed E-state index contributed by atoms with van der Waals surface area (Å²) < 4.78 is 28.1. The number of sulfonamides is 1. The summed E-state index contributed by atoms with van der Waals surface area (Å²) >= 11 is 1.54. The lowest BCUT2D eigenvalue weighted by atomic mass is 10.2. The van der Waals surface area contributed by atoms with Crippen LogP contribution in [0.3, 0.4) is 0 Å². The van der Waals surface area contributed by atoms with Gasteiger partial charge in [-0.1, -0.05) is 30.3 Å². The molecule has 0 amide bonds. The highest BCUT2D eigenvalue weighted by atomic mass is 32.2. The van der Waals surface area contributed by atoms with Gasteiger partial charge in [-0.05, 0) is 44.0 Å². The van der Waals surface area contributed by atoms with E-state index in [0.717, 1.165) is 34.0 Å². The molecule has 1 saturated carbocycles. The molecule has 5 nitrogen and oxygen atoms in total. The molecule has 0 saturated heterocycles. The zero-order chi connectivity index (χ0) is 19.7. The number of aromatic nitrogens is 1. The summed E-state index contributed by atoms with van der Waals surface area (Å²) in [5.74, 6) is 0. The normalized spacial score (nSPS) is 14.2. The smallest absolute Gasteiger partial charge is 0.241 e. The maximum absolute atomic E-state index is 13.2. The van der Waals surface area contributed by atoms with Crippen molar-refractivity contribution < 1.29 is 8.42 Å². The molecule has 1 fully saturated rings. The van der Waals surface area contributed by atoms with Gasteiger partial charge < -0.3 is 0 Å². The fourth-order valence-corrected chi connectivity index (χ4v) is 5.83. The summed E-state index contributed by atoms with van der Waals surface area (Å²) in [7, 11) is -3.63. The van der Waals surface area contributed by atoms with E-state index in [4.69, 9.17) is 5.26 Å². The fourth-order valence-electron chi connectivity index (χ4n) is 3.03. The number of rotatable bonds is 6. The van der Waals surface area contributed by atoms with Crippen molar-refractivity contribution >= 4 is 21.4 Å². The Labute approximate surface area is 169 Å². The van der Waals surface area contributed by atoms with Gasteiger partial charge in [0.25, 0.3) is 0 Å². The highest BCUT2D eigenvalue weighted by Crippen LogP contribution is 2.36. The molecule has 1 aliphatic rings.